The molecule has 1 saturated carbocycles. The first-order valence-corrected chi connectivity index (χ1v) is 6.53. The first-order chi connectivity index (χ1) is 7.29. The van der Waals surface area contributed by atoms with Gasteiger partial charge in [0.2, 0.25) is 0 Å². The summed E-state index contributed by atoms with van der Waals surface area (Å²) >= 11 is 0. The molecule has 1 aliphatic heterocycles. The molecule has 0 aromatic rings. The fourth-order valence-corrected chi connectivity index (χ4v) is 3.11. The Kier molecular flexibility index (Phi) is 3.85. The van der Waals surface area contributed by atoms with Crippen molar-refractivity contribution in [2.75, 3.05) is 6.61 Å². The van der Waals surface area contributed by atoms with Crippen molar-refractivity contribution in [3.05, 3.63) is 12.7 Å². The average molecular weight is 208 g/mol. The normalized spacial score (nSPS) is 42.5. The van der Waals surface area contributed by atoms with Gasteiger partial charge in [0.1, 0.15) is 0 Å². The molecule has 0 aromatic heterocycles. The largest absolute Gasteiger partial charge is 0.374 e. The van der Waals surface area contributed by atoms with E-state index in [0.29, 0.717) is 6.10 Å². The maximum atomic E-state index is 5.80. The highest BCUT2D eigenvalue weighted by molar-refractivity contribution is 4.86. The van der Waals surface area contributed by atoms with E-state index in [9.17, 15) is 0 Å². The molecule has 0 bridgehead atoms. The zero-order valence-corrected chi connectivity index (χ0v) is 9.95. The number of ether oxygens (including phenoxy) is 1. The van der Waals surface area contributed by atoms with Crippen molar-refractivity contribution >= 4 is 0 Å². The Morgan fingerprint density at radius 3 is 2.20 bits per heavy atom. The predicted molar refractivity (Wildman–Crippen MR) is 63.8 cm³/mol. The lowest BCUT2D eigenvalue weighted by molar-refractivity contribution is -0.0159. The summed E-state index contributed by atoms with van der Waals surface area (Å²) in [7, 11) is 0. The van der Waals surface area contributed by atoms with Gasteiger partial charge in [0.25, 0.3) is 0 Å². The van der Waals surface area contributed by atoms with E-state index >= 15 is 0 Å². The number of rotatable bonds is 2. The minimum atomic E-state index is 0.337. The Bertz CT molecular complexity index is 195. The van der Waals surface area contributed by atoms with Gasteiger partial charge in [0, 0.05) is 0 Å². The van der Waals surface area contributed by atoms with Crippen LogP contribution < -0.4 is 0 Å². The van der Waals surface area contributed by atoms with Crippen LogP contribution in [-0.4, -0.2) is 12.7 Å². The summed E-state index contributed by atoms with van der Waals surface area (Å²) in [5, 5.41) is 0. The highest BCUT2D eigenvalue weighted by atomic mass is 16.5. The van der Waals surface area contributed by atoms with Crippen LogP contribution in [0, 0.1) is 17.8 Å². The van der Waals surface area contributed by atoms with Crippen LogP contribution in [0.3, 0.4) is 0 Å². The minimum absolute atomic E-state index is 0.337. The third kappa shape index (κ3) is 2.84. The van der Waals surface area contributed by atoms with Crippen LogP contribution in [0.25, 0.3) is 0 Å². The van der Waals surface area contributed by atoms with Crippen molar-refractivity contribution in [1.82, 2.24) is 0 Å². The molecule has 86 valence electrons. The molecule has 1 heteroatoms. The molecule has 0 spiro atoms. The molecule has 2 atom stereocenters. The first kappa shape index (κ1) is 11.2. The molecule has 15 heavy (non-hydrogen) atoms. The van der Waals surface area contributed by atoms with E-state index in [1.54, 1.807) is 0 Å². The topological polar surface area (TPSA) is 9.23 Å². The molecular weight excluding hydrogens is 184 g/mol. The Labute approximate surface area is 93.9 Å². The van der Waals surface area contributed by atoms with Gasteiger partial charge in [-0.25, -0.2) is 0 Å². The summed E-state index contributed by atoms with van der Waals surface area (Å²) in [6.07, 6.45) is 10.6. The summed E-state index contributed by atoms with van der Waals surface area (Å²) in [4.78, 5) is 0. The lowest BCUT2D eigenvalue weighted by atomic mass is 9.74. The third-order valence-electron chi connectivity index (χ3n) is 4.34. The number of hydrogen-bond acceptors (Lipinski definition) is 1. The van der Waals surface area contributed by atoms with E-state index in [4.69, 9.17) is 4.74 Å². The van der Waals surface area contributed by atoms with E-state index in [2.05, 4.69) is 13.5 Å². The molecule has 2 aliphatic rings. The van der Waals surface area contributed by atoms with Crippen LogP contribution in [0.15, 0.2) is 12.7 Å². The predicted octanol–water partition coefficient (Wildman–Crippen LogP) is 3.79. The summed E-state index contributed by atoms with van der Waals surface area (Å²) in [6.45, 7) is 7.18. The van der Waals surface area contributed by atoms with Crippen molar-refractivity contribution in [2.24, 2.45) is 17.8 Å². The fourth-order valence-electron chi connectivity index (χ4n) is 3.11. The van der Waals surface area contributed by atoms with Gasteiger partial charge < -0.3 is 4.74 Å². The van der Waals surface area contributed by atoms with Crippen LogP contribution in [-0.2, 0) is 4.74 Å². The number of hydrogen-bond donors (Lipinski definition) is 0. The Balaban J connectivity index is 1.78. The molecule has 0 radical (unpaired) electrons. The third-order valence-corrected chi connectivity index (χ3v) is 4.34. The molecule has 2 unspecified atom stereocenters. The second-order valence-corrected chi connectivity index (χ2v) is 5.46. The summed E-state index contributed by atoms with van der Waals surface area (Å²) in [5.41, 5.74) is 0. The fraction of sp³-hybridized carbons (Fsp3) is 0.857. The van der Waals surface area contributed by atoms with E-state index < -0.39 is 0 Å². The van der Waals surface area contributed by atoms with E-state index in [-0.39, 0.29) is 0 Å². The molecule has 0 aromatic carbocycles. The summed E-state index contributed by atoms with van der Waals surface area (Å²) in [6, 6.07) is 0. The van der Waals surface area contributed by atoms with Crippen molar-refractivity contribution in [3.8, 4) is 0 Å². The van der Waals surface area contributed by atoms with Crippen molar-refractivity contribution in [2.45, 2.75) is 51.6 Å². The van der Waals surface area contributed by atoms with Crippen molar-refractivity contribution < 1.29 is 4.74 Å². The zero-order chi connectivity index (χ0) is 10.7. The SMILES string of the molecule is C=CC1CCC(C2CCC(C)CC2)CO1. The van der Waals surface area contributed by atoms with Gasteiger partial charge in [-0.2, -0.15) is 0 Å². The summed E-state index contributed by atoms with van der Waals surface area (Å²) < 4.78 is 5.80. The molecule has 1 saturated heterocycles. The minimum Gasteiger partial charge on any atom is -0.374 e. The first-order valence-electron chi connectivity index (χ1n) is 6.53. The maximum Gasteiger partial charge on any atom is 0.0753 e. The van der Waals surface area contributed by atoms with E-state index in [0.717, 1.165) is 24.4 Å². The second-order valence-electron chi connectivity index (χ2n) is 5.46. The summed E-state index contributed by atoms with van der Waals surface area (Å²) in [5.74, 6) is 2.76. The molecule has 1 heterocycles. The standard InChI is InChI=1S/C14H24O/c1-3-14-9-8-13(10-15-14)12-6-4-11(2)5-7-12/h3,11-14H,1,4-10H2,2H3. The smallest absolute Gasteiger partial charge is 0.0753 e. The zero-order valence-electron chi connectivity index (χ0n) is 9.95. The molecular formula is C14H24O. The van der Waals surface area contributed by atoms with Gasteiger partial charge >= 0.3 is 0 Å². The molecule has 0 amide bonds. The maximum absolute atomic E-state index is 5.80. The quantitative estimate of drug-likeness (QED) is 0.627. The molecule has 1 nitrogen and oxygen atoms in total. The highest BCUT2D eigenvalue weighted by Crippen LogP contribution is 2.37. The van der Waals surface area contributed by atoms with Crippen LogP contribution in [0.1, 0.15) is 45.4 Å². The van der Waals surface area contributed by atoms with Crippen LogP contribution in [0.4, 0.5) is 0 Å². The van der Waals surface area contributed by atoms with Gasteiger partial charge in [0.15, 0.2) is 0 Å². The second kappa shape index (κ2) is 5.16. The van der Waals surface area contributed by atoms with Gasteiger partial charge in [-0.1, -0.05) is 25.8 Å². The van der Waals surface area contributed by atoms with Crippen LogP contribution in [0.5, 0.6) is 0 Å². The molecule has 0 N–H and O–H groups in total. The molecule has 1 aliphatic carbocycles. The van der Waals surface area contributed by atoms with Gasteiger partial charge in [0.05, 0.1) is 12.7 Å². The van der Waals surface area contributed by atoms with Crippen molar-refractivity contribution in [1.29, 1.82) is 0 Å². The van der Waals surface area contributed by atoms with Gasteiger partial charge in [-0.05, 0) is 43.4 Å². The average Bonchev–Trinajstić information content (AvgIpc) is 2.30. The lowest BCUT2D eigenvalue weighted by Gasteiger charge is -2.36. The Morgan fingerprint density at radius 1 is 1.00 bits per heavy atom. The van der Waals surface area contributed by atoms with E-state index in [1.807, 2.05) is 6.08 Å². The Morgan fingerprint density at radius 2 is 1.67 bits per heavy atom. The monoisotopic (exact) mass is 208 g/mol. The molecule has 2 fully saturated rings. The van der Waals surface area contributed by atoms with Crippen LogP contribution in [0.2, 0.25) is 0 Å². The lowest BCUT2D eigenvalue weighted by Crippen LogP contribution is -2.31. The Hall–Kier alpha value is -0.300. The van der Waals surface area contributed by atoms with Gasteiger partial charge in [-0.3, -0.25) is 0 Å². The van der Waals surface area contributed by atoms with Gasteiger partial charge in [-0.15, -0.1) is 6.58 Å². The van der Waals surface area contributed by atoms with Crippen molar-refractivity contribution in [3.63, 3.8) is 0 Å². The highest BCUT2D eigenvalue weighted by Gasteiger charge is 2.29. The van der Waals surface area contributed by atoms with E-state index in [1.165, 1.54) is 38.5 Å². The molecule has 2 rings (SSSR count). The van der Waals surface area contributed by atoms with Crippen LogP contribution >= 0.6 is 0 Å².